The standard InChI is InChI=1S/C12H19N3O2/c1-4-17-12(16)6-5-7-14(2)9-11-8-13-15(3)10-11/h5-6,8,10H,4,7,9H2,1-3H3/b6-5+. The van der Waals surface area contributed by atoms with Crippen molar-refractivity contribution in [3.05, 3.63) is 30.1 Å². The van der Waals surface area contributed by atoms with E-state index in [4.69, 9.17) is 4.74 Å². The summed E-state index contributed by atoms with van der Waals surface area (Å²) < 4.78 is 6.56. The van der Waals surface area contributed by atoms with Crippen molar-refractivity contribution >= 4 is 5.97 Å². The third kappa shape index (κ3) is 5.31. The molecule has 1 heterocycles. The predicted molar refractivity (Wildman–Crippen MR) is 65.3 cm³/mol. The molecule has 0 bridgehead atoms. The van der Waals surface area contributed by atoms with Crippen LogP contribution in [0.25, 0.3) is 0 Å². The molecule has 1 aromatic rings. The van der Waals surface area contributed by atoms with Gasteiger partial charge in [0.2, 0.25) is 0 Å². The number of esters is 1. The molecule has 0 aliphatic carbocycles. The second-order valence-electron chi connectivity index (χ2n) is 3.87. The van der Waals surface area contributed by atoms with E-state index in [1.54, 1.807) is 17.7 Å². The van der Waals surface area contributed by atoms with Crippen LogP contribution >= 0.6 is 0 Å². The molecular weight excluding hydrogens is 218 g/mol. The molecule has 5 heteroatoms. The van der Waals surface area contributed by atoms with E-state index in [0.29, 0.717) is 13.2 Å². The van der Waals surface area contributed by atoms with Gasteiger partial charge in [-0.05, 0) is 14.0 Å². The van der Waals surface area contributed by atoms with Gasteiger partial charge in [-0.2, -0.15) is 5.10 Å². The Hall–Kier alpha value is -1.62. The number of hydrogen-bond donors (Lipinski definition) is 0. The van der Waals surface area contributed by atoms with Crippen LogP contribution in [0.1, 0.15) is 12.5 Å². The van der Waals surface area contributed by atoms with Crippen LogP contribution in [0.5, 0.6) is 0 Å². The van der Waals surface area contributed by atoms with Crippen LogP contribution < -0.4 is 0 Å². The summed E-state index contributed by atoms with van der Waals surface area (Å²) in [7, 11) is 3.88. The molecule has 0 saturated carbocycles. The lowest BCUT2D eigenvalue weighted by Crippen LogP contribution is -2.17. The minimum Gasteiger partial charge on any atom is -0.463 e. The first kappa shape index (κ1) is 13.4. The third-order valence-corrected chi connectivity index (χ3v) is 2.17. The van der Waals surface area contributed by atoms with Gasteiger partial charge in [0.1, 0.15) is 0 Å². The number of nitrogens with zero attached hydrogens (tertiary/aromatic N) is 3. The molecule has 17 heavy (non-hydrogen) atoms. The van der Waals surface area contributed by atoms with E-state index in [1.165, 1.54) is 6.08 Å². The van der Waals surface area contributed by atoms with Crippen molar-refractivity contribution in [3.63, 3.8) is 0 Å². The molecule has 0 N–H and O–H groups in total. The lowest BCUT2D eigenvalue weighted by molar-refractivity contribution is -0.137. The van der Waals surface area contributed by atoms with E-state index < -0.39 is 0 Å². The summed E-state index contributed by atoms with van der Waals surface area (Å²) in [4.78, 5) is 13.1. The van der Waals surface area contributed by atoms with Gasteiger partial charge in [-0.3, -0.25) is 9.58 Å². The summed E-state index contributed by atoms with van der Waals surface area (Å²) in [5.41, 5.74) is 1.15. The number of rotatable bonds is 6. The van der Waals surface area contributed by atoms with Gasteiger partial charge < -0.3 is 4.74 Å². The molecule has 0 fully saturated rings. The zero-order chi connectivity index (χ0) is 12.7. The summed E-state index contributed by atoms with van der Waals surface area (Å²) in [5.74, 6) is -0.290. The number of aryl methyl sites for hydroxylation is 1. The SMILES string of the molecule is CCOC(=O)/C=C/CN(C)Cc1cnn(C)c1. The molecular formula is C12H19N3O2. The zero-order valence-corrected chi connectivity index (χ0v) is 10.6. The Morgan fingerprint density at radius 3 is 3.00 bits per heavy atom. The van der Waals surface area contributed by atoms with Gasteiger partial charge in [0.05, 0.1) is 12.8 Å². The minimum atomic E-state index is -0.290. The van der Waals surface area contributed by atoms with E-state index in [0.717, 1.165) is 12.1 Å². The number of aromatic nitrogens is 2. The second kappa shape index (κ2) is 6.85. The Bertz CT molecular complexity index is 385. The monoisotopic (exact) mass is 237 g/mol. The Morgan fingerprint density at radius 2 is 2.41 bits per heavy atom. The van der Waals surface area contributed by atoms with Crippen LogP contribution in [0.15, 0.2) is 24.5 Å². The van der Waals surface area contributed by atoms with E-state index in [-0.39, 0.29) is 5.97 Å². The van der Waals surface area contributed by atoms with Crippen LogP contribution in [0.2, 0.25) is 0 Å². The molecule has 0 radical (unpaired) electrons. The van der Waals surface area contributed by atoms with Crippen LogP contribution in [0.4, 0.5) is 0 Å². The summed E-state index contributed by atoms with van der Waals surface area (Å²) in [6.07, 6.45) is 7.08. The van der Waals surface area contributed by atoms with Crippen LogP contribution in [-0.4, -0.2) is 40.8 Å². The summed E-state index contributed by atoms with van der Waals surface area (Å²) in [5, 5.41) is 4.10. The smallest absolute Gasteiger partial charge is 0.330 e. The molecule has 0 aromatic carbocycles. The number of carbonyl (C=O) groups is 1. The third-order valence-electron chi connectivity index (χ3n) is 2.17. The number of carbonyl (C=O) groups excluding carboxylic acids is 1. The normalized spacial score (nSPS) is 11.3. The van der Waals surface area contributed by atoms with Crippen LogP contribution in [-0.2, 0) is 23.1 Å². The summed E-state index contributed by atoms with van der Waals surface area (Å²) in [6.45, 7) is 3.71. The molecule has 0 unspecified atom stereocenters. The Balaban J connectivity index is 2.30. The highest BCUT2D eigenvalue weighted by Gasteiger charge is 2.00. The van der Waals surface area contributed by atoms with Crippen molar-refractivity contribution in [1.82, 2.24) is 14.7 Å². The van der Waals surface area contributed by atoms with E-state index in [2.05, 4.69) is 10.00 Å². The highest BCUT2D eigenvalue weighted by atomic mass is 16.5. The van der Waals surface area contributed by atoms with E-state index >= 15 is 0 Å². The van der Waals surface area contributed by atoms with Crippen molar-refractivity contribution in [1.29, 1.82) is 0 Å². The lowest BCUT2D eigenvalue weighted by atomic mass is 10.3. The number of likely N-dealkylation sites (N-methyl/N-ethyl adjacent to an activating group) is 1. The first-order chi connectivity index (χ1) is 8.11. The second-order valence-corrected chi connectivity index (χ2v) is 3.87. The Morgan fingerprint density at radius 1 is 1.65 bits per heavy atom. The van der Waals surface area contributed by atoms with Gasteiger partial charge in [0.25, 0.3) is 0 Å². The molecule has 0 aliphatic heterocycles. The highest BCUT2D eigenvalue weighted by molar-refractivity contribution is 5.81. The largest absolute Gasteiger partial charge is 0.463 e. The van der Waals surface area contributed by atoms with Gasteiger partial charge >= 0.3 is 5.97 Å². The molecule has 0 saturated heterocycles. The van der Waals surface area contributed by atoms with Crippen molar-refractivity contribution in [3.8, 4) is 0 Å². The first-order valence-electron chi connectivity index (χ1n) is 5.61. The van der Waals surface area contributed by atoms with Crippen molar-refractivity contribution < 1.29 is 9.53 Å². The zero-order valence-electron chi connectivity index (χ0n) is 10.6. The maximum absolute atomic E-state index is 11.0. The molecule has 1 aromatic heterocycles. The van der Waals surface area contributed by atoms with Crippen molar-refractivity contribution in [2.24, 2.45) is 7.05 Å². The fourth-order valence-electron chi connectivity index (χ4n) is 1.45. The topological polar surface area (TPSA) is 47.4 Å². The average Bonchev–Trinajstić information content (AvgIpc) is 2.64. The summed E-state index contributed by atoms with van der Waals surface area (Å²) >= 11 is 0. The summed E-state index contributed by atoms with van der Waals surface area (Å²) in [6, 6.07) is 0. The average molecular weight is 237 g/mol. The van der Waals surface area contributed by atoms with E-state index in [9.17, 15) is 4.79 Å². The fourth-order valence-corrected chi connectivity index (χ4v) is 1.45. The predicted octanol–water partition coefficient (Wildman–Crippen LogP) is 0.971. The highest BCUT2D eigenvalue weighted by Crippen LogP contribution is 2.00. The first-order valence-corrected chi connectivity index (χ1v) is 5.61. The van der Waals surface area contributed by atoms with Crippen LogP contribution in [0, 0.1) is 0 Å². The Kier molecular flexibility index (Phi) is 5.42. The lowest BCUT2D eigenvalue weighted by Gasteiger charge is -2.12. The fraction of sp³-hybridized carbons (Fsp3) is 0.500. The molecule has 1 rings (SSSR count). The quantitative estimate of drug-likeness (QED) is 0.546. The van der Waals surface area contributed by atoms with Gasteiger partial charge in [-0.25, -0.2) is 4.79 Å². The van der Waals surface area contributed by atoms with Gasteiger partial charge in [0, 0.05) is 38.0 Å². The van der Waals surface area contributed by atoms with Crippen molar-refractivity contribution in [2.45, 2.75) is 13.5 Å². The van der Waals surface area contributed by atoms with Gasteiger partial charge in [0.15, 0.2) is 0 Å². The Labute approximate surface area is 102 Å². The molecule has 0 aliphatic rings. The maximum Gasteiger partial charge on any atom is 0.330 e. The van der Waals surface area contributed by atoms with Gasteiger partial charge in [-0.1, -0.05) is 6.08 Å². The van der Waals surface area contributed by atoms with Gasteiger partial charge in [-0.15, -0.1) is 0 Å². The number of ether oxygens (including phenoxy) is 1. The molecule has 0 amide bonds. The molecule has 0 atom stereocenters. The maximum atomic E-state index is 11.0. The minimum absolute atomic E-state index is 0.290. The molecule has 94 valence electrons. The van der Waals surface area contributed by atoms with Crippen molar-refractivity contribution in [2.75, 3.05) is 20.2 Å². The molecule has 5 nitrogen and oxygen atoms in total. The number of hydrogen-bond acceptors (Lipinski definition) is 4. The van der Waals surface area contributed by atoms with Crippen LogP contribution in [0.3, 0.4) is 0 Å². The van der Waals surface area contributed by atoms with E-state index in [1.807, 2.05) is 26.5 Å². The molecule has 0 spiro atoms.